The number of rotatable bonds is 4. The molecule has 0 aliphatic carbocycles. The topological polar surface area (TPSA) is 87.6 Å². The number of aliphatic hydroxyl groups is 1. The highest BCUT2D eigenvalue weighted by Gasteiger charge is 2.33. The number of esters is 1. The lowest BCUT2D eigenvalue weighted by Gasteiger charge is -2.16. The summed E-state index contributed by atoms with van der Waals surface area (Å²) in [5.74, 6) is -1.19. The Morgan fingerprint density at radius 1 is 1.45 bits per heavy atom. The van der Waals surface area contributed by atoms with Gasteiger partial charge in [-0.3, -0.25) is 4.98 Å². The summed E-state index contributed by atoms with van der Waals surface area (Å²) in [4.78, 5) is 18.6. The second-order valence-corrected chi connectivity index (χ2v) is 5.22. The normalized spacial score (nSPS) is 12.3. The van der Waals surface area contributed by atoms with Crippen LogP contribution in [0, 0.1) is 5.39 Å². The molecule has 0 aromatic carbocycles. The number of pyridine rings is 1. The summed E-state index contributed by atoms with van der Waals surface area (Å²) >= 11 is 0. The summed E-state index contributed by atoms with van der Waals surface area (Å²) in [5.41, 5.74) is -0.440. The van der Waals surface area contributed by atoms with E-state index in [0.717, 1.165) is 5.69 Å². The second-order valence-electron chi connectivity index (χ2n) is 5.22. The molecule has 1 N–H and O–H groups in total. The van der Waals surface area contributed by atoms with E-state index in [0.29, 0.717) is 6.42 Å². The van der Waals surface area contributed by atoms with Gasteiger partial charge in [-0.15, -0.1) is 0 Å². The highest BCUT2D eigenvalue weighted by atomic mass is 16.6. The molecular formula is C14H18N3O3+. The highest BCUT2D eigenvalue weighted by Crippen LogP contribution is 2.16. The standard InChI is InChI=1S/C14H17N3O3/c1-14(2,3)20-13(19)12(17-15)11(18)8-7-10-6-4-5-9-16-10/h4-6,9H,7-8H2,1-3H3/p+1. The molecule has 1 rings (SSSR count). The van der Waals surface area contributed by atoms with E-state index in [2.05, 4.69) is 9.96 Å². The number of ether oxygens (including phenoxy) is 1. The molecule has 20 heavy (non-hydrogen) atoms. The molecular weight excluding hydrogens is 258 g/mol. The molecule has 106 valence electrons. The number of aliphatic hydroxyl groups excluding tert-OH is 1. The van der Waals surface area contributed by atoms with Crippen LogP contribution < -0.4 is 0 Å². The molecule has 6 heteroatoms. The number of hydrogen-bond donors (Lipinski definition) is 1. The molecule has 0 spiro atoms. The maximum absolute atomic E-state index is 11.7. The van der Waals surface area contributed by atoms with Crippen molar-refractivity contribution >= 4 is 5.97 Å². The van der Waals surface area contributed by atoms with E-state index in [4.69, 9.17) is 10.1 Å². The minimum absolute atomic E-state index is 0.135. The van der Waals surface area contributed by atoms with Crippen molar-refractivity contribution in [3.05, 3.63) is 46.5 Å². The molecule has 0 aliphatic heterocycles. The molecule has 0 bridgehead atoms. The molecule has 0 radical (unpaired) electrons. The molecule has 1 heterocycles. The maximum atomic E-state index is 11.7. The Kier molecular flexibility index (Phi) is 5.21. The van der Waals surface area contributed by atoms with Gasteiger partial charge in [-0.25, -0.2) is 4.79 Å². The van der Waals surface area contributed by atoms with E-state index in [1.54, 1.807) is 39.1 Å². The Hall–Kier alpha value is -2.42. The van der Waals surface area contributed by atoms with Crippen molar-refractivity contribution in [3.63, 3.8) is 0 Å². The summed E-state index contributed by atoms with van der Waals surface area (Å²) in [6.07, 6.45) is 2.20. The summed E-state index contributed by atoms with van der Waals surface area (Å²) in [5, 5.41) is 18.7. The molecule has 0 saturated carbocycles. The van der Waals surface area contributed by atoms with Crippen LogP contribution in [-0.4, -0.2) is 21.7 Å². The van der Waals surface area contributed by atoms with Gasteiger partial charge in [0.1, 0.15) is 5.60 Å². The van der Waals surface area contributed by atoms with Crippen molar-refractivity contribution in [2.24, 2.45) is 0 Å². The molecule has 0 aliphatic rings. The lowest BCUT2D eigenvalue weighted by atomic mass is 10.1. The third kappa shape index (κ3) is 5.06. The molecule has 0 saturated heterocycles. The van der Waals surface area contributed by atoms with Gasteiger partial charge in [-0.2, -0.15) is 0 Å². The predicted octanol–water partition coefficient (Wildman–Crippen LogP) is 2.98. The number of aromatic nitrogens is 1. The van der Waals surface area contributed by atoms with Gasteiger partial charge in [-0.1, -0.05) is 6.07 Å². The molecule has 0 unspecified atom stereocenters. The van der Waals surface area contributed by atoms with E-state index in [-0.39, 0.29) is 12.2 Å². The number of carbonyl (C=O) groups is 1. The van der Waals surface area contributed by atoms with Crippen LogP contribution in [0.4, 0.5) is 0 Å². The minimum atomic E-state index is -0.862. The summed E-state index contributed by atoms with van der Waals surface area (Å²) in [6, 6.07) is 5.42. The number of allylic oxidation sites excluding steroid dienone is 1. The third-order valence-electron chi connectivity index (χ3n) is 2.31. The number of aryl methyl sites for hydroxylation is 1. The molecule has 0 atom stereocenters. The van der Waals surface area contributed by atoms with Crippen LogP contribution in [-0.2, 0) is 16.0 Å². The van der Waals surface area contributed by atoms with Crippen LogP contribution >= 0.6 is 0 Å². The predicted molar refractivity (Wildman–Crippen MR) is 73.1 cm³/mol. The van der Waals surface area contributed by atoms with Crippen molar-refractivity contribution in [2.45, 2.75) is 39.2 Å². The van der Waals surface area contributed by atoms with E-state index in [1.165, 1.54) is 0 Å². The zero-order chi connectivity index (χ0) is 15.2. The van der Waals surface area contributed by atoms with Gasteiger partial charge in [-0.05, 0) is 39.3 Å². The van der Waals surface area contributed by atoms with Crippen molar-refractivity contribution in [2.75, 3.05) is 0 Å². The fourth-order valence-electron chi connectivity index (χ4n) is 1.45. The molecule has 1 aromatic heterocycles. The van der Waals surface area contributed by atoms with Gasteiger partial charge in [0.15, 0.2) is 10.7 Å². The average molecular weight is 276 g/mol. The van der Waals surface area contributed by atoms with E-state index < -0.39 is 17.3 Å². The molecule has 1 aromatic rings. The summed E-state index contributed by atoms with van der Waals surface area (Å²) < 4.78 is 5.04. The first-order valence-corrected chi connectivity index (χ1v) is 6.24. The van der Waals surface area contributed by atoms with Crippen LogP contribution in [0.2, 0.25) is 0 Å². The average Bonchev–Trinajstić information content (AvgIpc) is 2.36. The lowest BCUT2D eigenvalue weighted by molar-refractivity contribution is -0.149. The molecule has 0 fully saturated rings. The molecule has 6 nitrogen and oxygen atoms in total. The zero-order valence-electron chi connectivity index (χ0n) is 11.8. The first kappa shape index (κ1) is 15.6. The quantitative estimate of drug-likeness (QED) is 0.395. The van der Waals surface area contributed by atoms with Gasteiger partial charge in [0.25, 0.3) is 0 Å². The Morgan fingerprint density at radius 2 is 2.15 bits per heavy atom. The number of diazo groups is 1. The van der Waals surface area contributed by atoms with Gasteiger partial charge < -0.3 is 9.84 Å². The van der Waals surface area contributed by atoms with Crippen LogP contribution in [0.1, 0.15) is 32.9 Å². The summed E-state index contributed by atoms with van der Waals surface area (Å²) in [7, 11) is 0. The summed E-state index contributed by atoms with van der Waals surface area (Å²) in [6.45, 7) is 5.06. The first-order valence-electron chi connectivity index (χ1n) is 6.24. The monoisotopic (exact) mass is 276 g/mol. The lowest BCUT2D eigenvalue weighted by Crippen LogP contribution is -2.24. The van der Waals surface area contributed by atoms with Gasteiger partial charge in [0.05, 0.1) is 0 Å². The largest absolute Gasteiger partial charge is 0.505 e. The third-order valence-corrected chi connectivity index (χ3v) is 2.31. The Labute approximate surface area is 117 Å². The first-order chi connectivity index (χ1) is 9.33. The fraction of sp³-hybridized carbons (Fsp3) is 0.429. The van der Waals surface area contributed by atoms with Crippen LogP contribution in [0.15, 0.2) is 35.9 Å². The Balaban J connectivity index is 2.76. The molecule has 0 amide bonds. The van der Waals surface area contributed by atoms with Crippen molar-refractivity contribution < 1.29 is 14.6 Å². The van der Waals surface area contributed by atoms with E-state index in [1.807, 2.05) is 6.07 Å². The van der Waals surface area contributed by atoms with Gasteiger partial charge >= 0.3 is 11.7 Å². The minimum Gasteiger partial charge on any atom is -0.505 e. The highest BCUT2D eigenvalue weighted by molar-refractivity contribution is 5.91. The van der Waals surface area contributed by atoms with Crippen LogP contribution in [0.25, 0.3) is 4.98 Å². The van der Waals surface area contributed by atoms with Gasteiger partial charge in [0, 0.05) is 18.3 Å². The fourth-order valence-corrected chi connectivity index (χ4v) is 1.45. The number of hydrogen-bond acceptors (Lipinski definition) is 5. The maximum Gasteiger partial charge on any atom is 0.505 e. The van der Waals surface area contributed by atoms with E-state index >= 15 is 0 Å². The van der Waals surface area contributed by atoms with E-state index in [9.17, 15) is 9.90 Å². The smallest absolute Gasteiger partial charge is 0.505 e. The van der Waals surface area contributed by atoms with Crippen molar-refractivity contribution in [1.82, 2.24) is 4.98 Å². The van der Waals surface area contributed by atoms with Gasteiger partial charge in [0.2, 0.25) is 5.39 Å². The SMILES string of the molecule is CC(C)(C)OC(=O)/C([N+]#N)=C(\O)CCc1ccccn1. The second kappa shape index (κ2) is 6.66. The Morgan fingerprint density at radius 3 is 2.65 bits per heavy atom. The Bertz CT molecular complexity index is 539. The number of carbonyl (C=O) groups excluding carboxylic acids is 1. The number of nitrogens with zero attached hydrogens (tertiary/aromatic N) is 3. The van der Waals surface area contributed by atoms with Crippen molar-refractivity contribution in [1.29, 1.82) is 5.39 Å². The van der Waals surface area contributed by atoms with Crippen LogP contribution in [0.5, 0.6) is 0 Å². The van der Waals surface area contributed by atoms with Crippen LogP contribution in [0.3, 0.4) is 0 Å². The van der Waals surface area contributed by atoms with Crippen molar-refractivity contribution in [3.8, 4) is 0 Å². The zero-order valence-corrected chi connectivity index (χ0v) is 11.8.